The third-order valence-corrected chi connectivity index (χ3v) is 3.18. The molecule has 0 aliphatic carbocycles. The number of imidazole rings is 1. The maximum absolute atomic E-state index is 13.6. The number of aromatic amines is 1. The maximum Gasteiger partial charge on any atom is 0.182 e. The van der Waals surface area contributed by atoms with E-state index in [0.717, 1.165) is 11.1 Å². The molecule has 0 spiro atoms. The van der Waals surface area contributed by atoms with Gasteiger partial charge in [0, 0.05) is 6.54 Å². The number of hydrogen-bond donors (Lipinski definition) is 2. The van der Waals surface area contributed by atoms with Crippen molar-refractivity contribution in [3.63, 3.8) is 0 Å². The number of H-pyrrole nitrogens is 1. The quantitative estimate of drug-likeness (QED) is 0.768. The molecule has 0 amide bonds. The molecule has 20 heavy (non-hydrogen) atoms. The first-order valence-corrected chi connectivity index (χ1v) is 6.28. The predicted molar refractivity (Wildman–Crippen MR) is 74.9 cm³/mol. The Hall–Kier alpha value is -2.50. The van der Waals surface area contributed by atoms with Crippen molar-refractivity contribution in [2.75, 3.05) is 5.32 Å². The van der Waals surface area contributed by atoms with Crippen molar-refractivity contribution >= 4 is 17.0 Å². The molecule has 3 rings (SSSR count). The van der Waals surface area contributed by atoms with Crippen LogP contribution in [0.2, 0.25) is 0 Å². The summed E-state index contributed by atoms with van der Waals surface area (Å²) in [5, 5.41) is 3.22. The zero-order valence-electron chi connectivity index (χ0n) is 11.2. The fourth-order valence-corrected chi connectivity index (χ4v) is 2.22. The molecular formula is C14H14FN5. The Bertz CT molecular complexity index is 742. The van der Waals surface area contributed by atoms with Crippen LogP contribution in [0.1, 0.15) is 16.7 Å². The van der Waals surface area contributed by atoms with Crippen LogP contribution in [0.15, 0.2) is 24.8 Å². The van der Waals surface area contributed by atoms with Crippen molar-refractivity contribution in [2.45, 2.75) is 20.4 Å². The van der Waals surface area contributed by atoms with Gasteiger partial charge in [-0.3, -0.25) is 0 Å². The molecule has 0 fully saturated rings. The van der Waals surface area contributed by atoms with Crippen LogP contribution in [0, 0.1) is 19.7 Å². The van der Waals surface area contributed by atoms with Gasteiger partial charge in [0.2, 0.25) is 0 Å². The highest BCUT2D eigenvalue weighted by atomic mass is 19.1. The van der Waals surface area contributed by atoms with Gasteiger partial charge < -0.3 is 10.3 Å². The lowest BCUT2D eigenvalue weighted by molar-refractivity contribution is 0.608. The molecular weight excluding hydrogens is 257 g/mol. The van der Waals surface area contributed by atoms with Gasteiger partial charge in [-0.1, -0.05) is 12.1 Å². The average molecular weight is 271 g/mol. The second kappa shape index (κ2) is 4.88. The van der Waals surface area contributed by atoms with Gasteiger partial charge in [0.15, 0.2) is 11.5 Å². The van der Waals surface area contributed by atoms with Crippen LogP contribution < -0.4 is 5.32 Å². The van der Waals surface area contributed by atoms with E-state index in [2.05, 4.69) is 25.3 Å². The lowest BCUT2D eigenvalue weighted by atomic mass is 10.1. The van der Waals surface area contributed by atoms with E-state index in [1.54, 1.807) is 20.2 Å². The first-order chi connectivity index (χ1) is 9.65. The lowest BCUT2D eigenvalue weighted by Crippen LogP contribution is -2.04. The van der Waals surface area contributed by atoms with E-state index >= 15 is 0 Å². The van der Waals surface area contributed by atoms with Gasteiger partial charge >= 0.3 is 0 Å². The second-order valence-electron chi connectivity index (χ2n) is 4.72. The standard InChI is InChI=1S/C14H14FN5/c1-8-3-10(4-9(2)11(8)15)5-16-13-12-14(18-6-17-12)20-7-19-13/h3-4,6-7H,5H2,1-2H3,(H2,16,17,18,19,20). The molecule has 0 saturated heterocycles. The molecule has 0 unspecified atom stereocenters. The van der Waals surface area contributed by atoms with E-state index in [0.29, 0.717) is 29.1 Å². The van der Waals surface area contributed by atoms with Crippen LogP contribution in [-0.4, -0.2) is 19.9 Å². The monoisotopic (exact) mass is 271 g/mol. The number of hydrogen-bond acceptors (Lipinski definition) is 4. The molecule has 0 aliphatic heterocycles. The number of aromatic nitrogens is 4. The summed E-state index contributed by atoms with van der Waals surface area (Å²) in [6.07, 6.45) is 3.05. The van der Waals surface area contributed by atoms with Crippen molar-refractivity contribution in [3.05, 3.63) is 47.3 Å². The number of fused-ring (bicyclic) bond motifs is 1. The minimum atomic E-state index is -0.147. The summed E-state index contributed by atoms with van der Waals surface area (Å²) in [7, 11) is 0. The summed E-state index contributed by atoms with van der Waals surface area (Å²) in [6.45, 7) is 4.10. The normalized spacial score (nSPS) is 10.9. The third kappa shape index (κ3) is 2.20. The van der Waals surface area contributed by atoms with Crippen LogP contribution in [-0.2, 0) is 6.54 Å². The summed E-state index contributed by atoms with van der Waals surface area (Å²) in [5.74, 6) is 0.541. The first kappa shape index (κ1) is 12.5. The number of benzene rings is 1. The van der Waals surface area contributed by atoms with E-state index in [1.165, 1.54) is 6.33 Å². The number of rotatable bonds is 3. The Kier molecular flexibility index (Phi) is 3.06. The Morgan fingerprint density at radius 3 is 2.65 bits per heavy atom. The van der Waals surface area contributed by atoms with Gasteiger partial charge in [-0.05, 0) is 30.5 Å². The molecule has 3 aromatic rings. The predicted octanol–water partition coefficient (Wildman–Crippen LogP) is 2.72. The van der Waals surface area contributed by atoms with E-state index < -0.39 is 0 Å². The number of nitrogens with one attached hydrogen (secondary N) is 2. The molecule has 5 nitrogen and oxygen atoms in total. The zero-order valence-corrected chi connectivity index (χ0v) is 11.2. The Balaban J connectivity index is 1.85. The molecule has 0 saturated carbocycles. The molecule has 2 N–H and O–H groups in total. The van der Waals surface area contributed by atoms with Crippen LogP contribution in [0.25, 0.3) is 11.2 Å². The molecule has 0 aliphatic rings. The Morgan fingerprint density at radius 2 is 1.90 bits per heavy atom. The van der Waals surface area contributed by atoms with Crippen LogP contribution in [0.5, 0.6) is 0 Å². The molecule has 102 valence electrons. The molecule has 6 heteroatoms. The minimum absolute atomic E-state index is 0.147. The molecule has 0 radical (unpaired) electrons. The molecule has 0 atom stereocenters. The van der Waals surface area contributed by atoms with Crippen molar-refractivity contribution in [1.82, 2.24) is 19.9 Å². The smallest absolute Gasteiger partial charge is 0.182 e. The first-order valence-electron chi connectivity index (χ1n) is 6.28. The van der Waals surface area contributed by atoms with E-state index in [1.807, 2.05) is 12.1 Å². The fraction of sp³-hybridized carbons (Fsp3) is 0.214. The SMILES string of the molecule is Cc1cc(CNc2ncnc3nc[nH]c23)cc(C)c1F. The minimum Gasteiger partial charge on any atom is -0.364 e. The summed E-state index contributed by atoms with van der Waals surface area (Å²) < 4.78 is 13.6. The van der Waals surface area contributed by atoms with Gasteiger partial charge in [0.05, 0.1) is 6.33 Å². The number of anilines is 1. The lowest BCUT2D eigenvalue weighted by Gasteiger charge is -2.09. The van der Waals surface area contributed by atoms with Crippen molar-refractivity contribution in [3.8, 4) is 0 Å². The van der Waals surface area contributed by atoms with Gasteiger partial charge in [-0.25, -0.2) is 19.3 Å². The van der Waals surface area contributed by atoms with Crippen LogP contribution in [0.3, 0.4) is 0 Å². The maximum atomic E-state index is 13.6. The highest BCUT2D eigenvalue weighted by Crippen LogP contribution is 2.18. The molecule has 1 aromatic carbocycles. The van der Waals surface area contributed by atoms with Gasteiger partial charge in [-0.15, -0.1) is 0 Å². The van der Waals surface area contributed by atoms with E-state index in [-0.39, 0.29) is 5.82 Å². The van der Waals surface area contributed by atoms with E-state index in [9.17, 15) is 4.39 Å². The zero-order chi connectivity index (χ0) is 14.1. The molecule has 2 heterocycles. The third-order valence-electron chi connectivity index (χ3n) is 3.18. The molecule has 0 bridgehead atoms. The van der Waals surface area contributed by atoms with Gasteiger partial charge in [0.25, 0.3) is 0 Å². The van der Waals surface area contributed by atoms with E-state index in [4.69, 9.17) is 0 Å². The topological polar surface area (TPSA) is 66.5 Å². The Labute approximate surface area is 115 Å². The van der Waals surface area contributed by atoms with Gasteiger partial charge in [-0.2, -0.15) is 0 Å². The average Bonchev–Trinajstić information content (AvgIpc) is 2.91. The highest BCUT2D eigenvalue weighted by molar-refractivity contribution is 5.81. The van der Waals surface area contributed by atoms with Crippen molar-refractivity contribution in [2.24, 2.45) is 0 Å². The van der Waals surface area contributed by atoms with Crippen molar-refractivity contribution in [1.29, 1.82) is 0 Å². The molecule has 2 aromatic heterocycles. The highest BCUT2D eigenvalue weighted by Gasteiger charge is 2.07. The van der Waals surface area contributed by atoms with Gasteiger partial charge in [0.1, 0.15) is 17.7 Å². The number of halogens is 1. The summed E-state index contributed by atoms with van der Waals surface area (Å²) in [5.41, 5.74) is 3.69. The summed E-state index contributed by atoms with van der Waals surface area (Å²) in [4.78, 5) is 15.3. The summed E-state index contributed by atoms with van der Waals surface area (Å²) >= 11 is 0. The van der Waals surface area contributed by atoms with Crippen molar-refractivity contribution < 1.29 is 4.39 Å². The second-order valence-corrected chi connectivity index (χ2v) is 4.72. The fourth-order valence-electron chi connectivity index (χ4n) is 2.22. The number of nitrogens with zero attached hydrogens (tertiary/aromatic N) is 3. The summed E-state index contributed by atoms with van der Waals surface area (Å²) in [6, 6.07) is 3.67. The Morgan fingerprint density at radius 1 is 1.15 bits per heavy atom. The number of aryl methyl sites for hydroxylation is 2. The van der Waals surface area contributed by atoms with Crippen LogP contribution in [0.4, 0.5) is 10.2 Å². The largest absolute Gasteiger partial charge is 0.364 e. The van der Waals surface area contributed by atoms with Crippen LogP contribution >= 0.6 is 0 Å².